The third kappa shape index (κ3) is 3.75. The van der Waals surface area contributed by atoms with Gasteiger partial charge < -0.3 is 15.0 Å². The van der Waals surface area contributed by atoms with E-state index in [4.69, 9.17) is 4.74 Å². The van der Waals surface area contributed by atoms with Gasteiger partial charge in [-0.05, 0) is 86.7 Å². The van der Waals surface area contributed by atoms with E-state index in [2.05, 4.69) is 17.2 Å². The van der Waals surface area contributed by atoms with Gasteiger partial charge in [0.25, 0.3) is 5.91 Å². The van der Waals surface area contributed by atoms with Gasteiger partial charge in [-0.25, -0.2) is 0 Å². The number of esters is 1. The zero-order chi connectivity index (χ0) is 20.7. The Balaban J connectivity index is 1.09. The van der Waals surface area contributed by atoms with Crippen molar-refractivity contribution in [1.29, 1.82) is 0 Å². The minimum absolute atomic E-state index is 0.156. The Kier molecular flexibility index (Phi) is 5.08. The van der Waals surface area contributed by atoms with E-state index in [1.165, 1.54) is 38.5 Å². The SMILES string of the molecule is C[C@H](NC(=O)COC(=O)CCc1c[nH]c2ccccc12)C12CC3CC(CC(C3)C1)C2. The van der Waals surface area contributed by atoms with E-state index >= 15 is 0 Å². The Morgan fingerprint density at radius 2 is 1.80 bits per heavy atom. The topological polar surface area (TPSA) is 71.2 Å². The van der Waals surface area contributed by atoms with Crippen LogP contribution < -0.4 is 5.32 Å². The second kappa shape index (κ2) is 7.75. The molecule has 6 rings (SSSR count). The first kappa shape index (κ1) is 19.7. The molecule has 30 heavy (non-hydrogen) atoms. The molecule has 5 heteroatoms. The standard InChI is InChI=1S/C25H32N2O3/c1-16(25-11-17-8-18(12-25)10-19(9-17)13-25)27-23(28)15-30-24(29)7-6-20-14-26-22-5-3-2-4-21(20)22/h2-5,14,16-19,26H,6-13,15H2,1H3,(H,27,28)/t16-,17?,18?,19?,25?/m0/s1. The molecule has 0 aliphatic heterocycles. The molecule has 4 aliphatic rings. The number of fused-ring (bicyclic) bond motifs is 1. The minimum Gasteiger partial charge on any atom is -0.456 e. The Morgan fingerprint density at radius 1 is 1.13 bits per heavy atom. The summed E-state index contributed by atoms with van der Waals surface area (Å²) in [5.74, 6) is 2.09. The number of hydrogen-bond acceptors (Lipinski definition) is 3. The van der Waals surface area contributed by atoms with Gasteiger partial charge in [-0.15, -0.1) is 0 Å². The number of aromatic amines is 1. The van der Waals surface area contributed by atoms with Crippen LogP contribution in [0.5, 0.6) is 0 Å². The molecule has 4 aliphatic carbocycles. The van der Waals surface area contributed by atoms with Crippen LogP contribution in [0.1, 0.15) is 57.4 Å². The van der Waals surface area contributed by atoms with Gasteiger partial charge in [0.1, 0.15) is 0 Å². The molecular weight excluding hydrogens is 376 g/mol. The number of ether oxygens (including phenoxy) is 1. The molecular formula is C25H32N2O3. The molecule has 2 aromatic rings. The maximum atomic E-state index is 12.5. The van der Waals surface area contributed by atoms with Crippen molar-refractivity contribution in [3.63, 3.8) is 0 Å². The van der Waals surface area contributed by atoms with Crippen molar-refractivity contribution in [2.75, 3.05) is 6.61 Å². The predicted molar refractivity (Wildman–Crippen MR) is 116 cm³/mol. The number of amides is 1. The first-order valence-electron chi connectivity index (χ1n) is 11.5. The summed E-state index contributed by atoms with van der Waals surface area (Å²) in [4.78, 5) is 27.9. The van der Waals surface area contributed by atoms with Crippen molar-refractivity contribution in [3.8, 4) is 0 Å². The summed E-state index contributed by atoms with van der Waals surface area (Å²) in [6.45, 7) is 1.98. The van der Waals surface area contributed by atoms with Crippen LogP contribution in [0.25, 0.3) is 10.9 Å². The third-order valence-electron chi connectivity index (χ3n) is 8.02. The van der Waals surface area contributed by atoms with Gasteiger partial charge >= 0.3 is 5.97 Å². The fourth-order valence-electron chi connectivity index (χ4n) is 6.94. The van der Waals surface area contributed by atoms with Crippen LogP contribution in [0.2, 0.25) is 0 Å². The molecule has 4 fully saturated rings. The maximum absolute atomic E-state index is 12.5. The smallest absolute Gasteiger partial charge is 0.306 e. The molecule has 5 nitrogen and oxygen atoms in total. The summed E-state index contributed by atoms with van der Waals surface area (Å²) < 4.78 is 5.27. The number of para-hydroxylation sites is 1. The molecule has 1 aromatic carbocycles. The van der Waals surface area contributed by atoms with E-state index in [0.717, 1.165) is 34.2 Å². The lowest BCUT2D eigenvalue weighted by Gasteiger charge is -2.59. The minimum atomic E-state index is -0.321. The van der Waals surface area contributed by atoms with Gasteiger partial charge in [-0.3, -0.25) is 9.59 Å². The molecule has 0 spiro atoms. The molecule has 0 saturated heterocycles. The summed E-state index contributed by atoms with van der Waals surface area (Å²) in [5, 5.41) is 4.30. The van der Waals surface area contributed by atoms with Gasteiger partial charge in [0, 0.05) is 29.6 Å². The average Bonchev–Trinajstić information content (AvgIpc) is 3.13. The van der Waals surface area contributed by atoms with Crippen LogP contribution in [0.15, 0.2) is 30.5 Å². The van der Waals surface area contributed by atoms with E-state index in [1.807, 2.05) is 30.5 Å². The number of benzene rings is 1. The van der Waals surface area contributed by atoms with Gasteiger partial charge in [-0.2, -0.15) is 0 Å². The lowest BCUT2D eigenvalue weighted by molar-refractivity contribution is -0.149. The highest BCUT2D eigenvalue weighted by atomic mass is 16.5. The molecule has 160 valence electrons. The molecule has 1 atom stereocenters. The highest BCUT2D eigenvalue weighted by Gasteiger charge is 2.53. The first-order chi connectivity index (χ1) is 14.5. The number of rotatable bonds is 7. The Hall–Kier alpha value is -2.30. The van der Waals surface area contributed by atoms with Crippen LogP contribution in [-0.4, -0.2) is 29.5 Å². The molecule has 1 amide bonds. The summed E-state index contributed by atoms with van der Waals surface area (Å²) in [7, 11) is 0. The lowest BCUT2D eigenvalue weighted by Crippen LogP contribution is -2.56. The Morgan fingerprint density at radius 3 is 2.50 bits per heavy atom. The predicted octanol–water partition coefficient (Wildman–Crippen LogP) is 4.36. The average molecular weight is 409 g/mol. The fraction of sp³-hybridized carbons (Fsp3) is 0.600. The monoisotopic (exact) mass is 408 g/mol. The quantitative estimate of drug-likeness (QED) is 0.669. The number of hydrogen-bond donors (Lipinski definition) is 2. The van der Waals surface area contributed by atoms with Crippen molar-refractivity contribution >= 4 is 22.8 Å². The Bertz CT molecular complexity index is 911. The van der Waals surface area contributed by atoms with E-state index in [9.17, 15) is 9.59 Å². The van der Waals surface area contributed by atoms with Crippen LogP contribution in [0.3, 0.4) is 0 Å². The van der Waals surface area contributed by atoms with E-state index in [1.54, 1.807) is 0 Å². The molecule has 1 heterocycles. The van der Waals surface area contributed by atoms with E-state index in [0.29, 0.717) is 6.42 Å². The number of aromatic nitrogens is 1. The van der Waals surface area contributed by atoms with Crippen molar-refractivity contribution in [2.45, 2.75) is 64.3 Å². The first-order valence-corrected chi connectivity index (χ1v) is 11.5. The van der Waals surface area contributed by atoms with Crippen molar-refractivity contribution in [1.82, 2.24) is 10.3 Å². The molecule has 0 radical (unpaired) electrons. The lowest BCUT2D eigenvalue weighted by atomic mass is 9.48. The zero-order valence-electron chi connectivity index (χ0n) is 17.8. The highest BCUT2D eigenvalue weighted by Crippen LogP contribution is 2.61. The second-order valence-electron chi connectivity index (χ2n) is 10.1. The van der Waals surface area contributed by atoms with Crippen molar-refractivity contribution in [2.24, 2.45) is 23.2 Å². The summed E-state index contributed by atoms with van der Waals surface area (Å²) in [6, 6.07) is 8.20. The summed E-state index contributed by atoms with van der Waals surface area (Å²) >= 11 is 0. The largest absolute Gasteiger partial charge is 0.456 e. The number of nitrogens with one attached hydrogen (secondary N) is 2. The Labute approximate surface area is 177 Å². The molecule has 1 aromatic heterocycles. The van der Waals surface area contributed by atoms with Crippen LogP contribution in [0.4, 0.5) is 0 Å². The second-order valence-corrected chi connectivity index (χ2v) is 10.1. The van der Waals surface area contributed by atoms with Crippen molar-refractivity contribution in [3.05, 3.63) is 36.0 Å². The van der Waals surface area contributed by atoms with Crippen molar-refractivity contribution < 1.29 is 14.3 Å². The molecule has 4 saturated carbocycles. The molecule has 2 N–H and O–H groups in total. The van der Waals surface area contributed by atoms with E-state index in [-0.39, 0.29) is 36.4 Å². The van der Waals surface area contributed by atoms with Gasteiger partial charge in [0.2, 0.25) is 0 Å². The number of aryl methyl sites for hydroxylation is 1. The highest BCUT2D eigenvalue weighted by molar-refractivity contribution is 5.84. The van der Waals surface area contributed by atoms with Crippen LogP contribution >= 0.6 is 0 Å². The van der Waals surface area contributed by atoms with Gasteiger partial charge in [-0.1, -0.05) is 18.2 Å². The fourth-order valence-corrected chi connectivity index (χ4v) is 6.94. The normalized spacial score (nSPS) is 30.4. The third-order valence-corrected chi connectivity index (χ3v) is 8.02. The number of H-pyrrole nitrogens is 1. The van der Waals surface area contributed by atoms with Crippen LogP contribution in [0, 0.1) is 23.2 Å². The summed E-state index contributed by atoms with van der Waals surface area (Å²) in [5.41, 5.74) is 2.44. The summed E-state index contributed by atoms with van der Waals surface area (Å²) in [6.07, 6.45) is 10.8. The maximum Gasteiger partial charge on any atom is 0.306 e. The number of carbonyl (C=O) groups excluding carboxylic acids is 2. The van der Waals surface area contributed by atoms with Gasteiger partial charge in [0.15, 0.2) is 6.61 Å². The molecule has 0 unspecified atom stereocenters. The van der Waals surface area contributed by atoms with E-state index < -0.39 is 0 Å². The zero-order valence-corrected chi connectivity index (χ0v) is 17.8. The number of carbonyl (C=O) groups is 2. The van der Waals surface area contributed by atoms with Crippen LogP contribution in [-0.2, 0) is 20.7 Å². The van der Waals surface area contributed by atoms with Gasteiger partial charge in [0.05, 0.1) is 0 Å². The molecule has 4 bridgehead atoms.